The van der Waals surface area contributed by atoms with Crippen molar-refractivity contribution in [3.8, 4) is 5.75 Å². The Morgan fingerprint density at radius 2 is 1.16 bits per heavy atom. The zero-order valence-electron chi connectivity index (χ0n) is 36.0. The summed E-state index contributed by atoms with van der Waals surface area (Å²) < 4.78 is 10.7. The van der Waals surface area contributed by atoms with Crippen LogP contribution in [0.15, 0.2) is 89.9 Å². The topological polar surface area (TPSA) is 295 Å². The second kappa shape index (κ2) is 25.7. The van der Waals surface area contributed by atoms with Crippen molar-refractivity contribution in [3.63, 3.8) is 0 Å². The van der Waals surface area contributed by atoms with Crippen molar-refractivity contribution in [1.29, 1.82) is 0 Å². The molecule has 1 heterocycles. The van der Waals surface area contributed by atoms with Crippen molar-refractivity contribution in [2.45, 2.75) is 102 Å². The molecule has 4 rings (SSSR count). The molecule has 1 aliphatic heterocycles. The predicted octanol–water partition coefficient (Wildman–Crippen LogP) is 1.31. The molecule has 0 radical (unpaired) electrons. The lowest BCUT2D eigenvalue weighted by Gasteiger charge is -2.27. The van der Waals surface area contributed by atoms with Gasteiger partial charge in [0.1, 0.15) is 49.2 Å². The number of alkyl carbamates (subject to hydrolysis) is 1. The van der Waals surface area contributed by atoms with Gasteiger partial charge in [-0.05, 0) is 66.8 Å². The number of amides is 6. The highest BCUT2D eigenvalue weighted by Gasteiger charge is 2.36. The van der Waals surface area contributed by atoms with Crippen molar-refractivity contribution >= 4 is 47.6 Å². The minimum absolute atomic E-state index is 0.00207. The van der Waals surface area contributed by atoms with Gasteiger partial charge in [0.2, 0.25) is 29.5 Å². The number of unbranched alkanes of at least 4 members (excludes halogenated alkanes) is 1. The fourth-order valence-electron chi connectivity index (χ4n) is 6.60. The summed E-state index contributed by atoms with van der Waals surface area (Å²) in [6.07, 6.45) is -0.522. The summed E-state index contributed by atoms with van der Waals surface area (Å²) in [5.74, 6) is -5.59. The fraction of sp³-hybridized carbons (Fsp3) is 0.422. The standard InChI is InChI=1S/C45H59N9O10/c1-28(2)38-43(61)53-35(24-29-18-20-32(55)21-19-29)41(59)51-34(17-11-23-48-44(46)47)39(57)50-33(16-9-10-22-49-45(62)64-27-31-14-7-4-8-15-31)40(58)52-36(42(60)54-38)25-37(56)63-26-30-12-5-3-6-13-30/h3-8,12-15,18-21,28,33-36,38,55H,9-11,16-17,22-27H2,1-2H3,(H,49,62)(H,50,57)(H,51,59)(H,52,58)(H,53,61)(H,54,60)(H4,46,47,48)/t33-,34-,35-,36-,38-/m0/s1. The van der Waals surface area contributed by atoms with Gasteiger partial charge in [-0.25, -0.2) is 4.79 Å². The van der Waals surface area contributed by atoms with Gasteiger partial charge in [-0.15, -0.1) is 0 Å². The Bertz CT molecular complexity index is 2050. The Balaban J connectivity index is 1.62. The maximum Gasteiger partial charge on any atom is 0.407 e. The van der Waals surface area contributed by atoms with E-state index in [9.17, 15) is 38.7 Å². The maximum absolute atomic E-state index is 14.2. The SMILES string of the molecule is CC(C)[C@@H]1NC(=O)[C@H](CC(=O)OCc2ccccc2)NC(=O)[C@H](CCCCNC(=O)OCc2ccccc2)NC(=O)[C@H](CCCN=C(N)N)NC(=O)[C@H](Cc2ccc(O)cc2)NC1=O. The highest BCUT2D eigenvalue weighted by atomic mass is 16.5. The monoisotopic (exact) mass is 885 g/mol. The molecule has 6 amide bonds. The van der Waals surface area contributed by atoms with E-state index in [0.717, 1.165) is 5.56 Å². The van der Waals surface area contributed by atoms with E-state index < -0.39 is 84.1 Å². The summed E-state index contributed by atoms with van der Waals surface area (Å²) in [6, 6.07) is 17.2. The first-order valence-corrected chi connectivity index (χ1v) is 21.2. The van der Waals surface area contributed by atoms with E-state index in [1.54, 1.807) is 56.3 Å². The number of rotatable bonds is 18. The quantitative estimate of drug-likeness (QED) is 0.0378. The van der Waals surface area contributed by atoms with Crippen molar-refractivity contribution < 1.29 is 48.1 Å². The first kappa shape index (κ1) is 49.5. The molecule has 0 spiro atoms. The number of hydrogen-bond acceptors (Lipinski definition) is 11. The van der Waals surface area contributed by atoms with Crippen molar-refractivity contribution in [2.75, 3.05) is 13.1 Å². The second-order valence-corrected chi connectivity index (χ2v) is 15.6. The van der Waals surface area contributed by atoms with Crippen LogP contribution >= 0.6 is 0 Å². The van der Waals surface area contributed by atoms with E-state index in [1.807, 2.05) is 30.3 Å². The number of carbonyl (C=O) groups excluding carboxylic acids is 7. The molecule has 0 unspecified atom stereocenters. The largest absolute Gasteiger partial charge is 0.508 e. The number of aliphatic imine (C=N–C) groups is 1. The number of phenols is 1. The summed E-state index contributed by atoms with van der Waals surface area (Å²) in [7, 11) is 0. The molecule has 64 heavy (non-hydrogen) atoms. The summed E-state index contributed by atoms with van der Waals surface area (Å²) in [4.78, 5) is 100. The molecule has 1 fully saturated rings. The number of esters is 1. The van der Waals surface area contributed by atoms with Gasteiger partial charge in [0.15, 0.2) is 5.96 Å². The Morgan fingerprint density at radius 1 is 0.641 bits per heavy atom. The van der Waals surface area contributed by atoms with E-state index in [0.29, 0.717) is 17.5 Å². The molecule has 19 heteroatoms. The van der Waals surface area contributed by atoms with Crippen LogP contribution in [-0.2, 0) is 57.9 Å². The molecule has 0 aromatic heterocycles. The Hall–Kier alpha value is -7.18. The number of hydrogen-bond donors (Lipinski definition) is 9. The van der Waals surface area contributed by atoms with Gasteiger partial charge < -0.3 is 57.9 Å². The molecule has 0 saturated carbocycles. The van der Waals surface area contributed by atoms with Gasteiger partial charge in [0.25, 0.3) is 0 Å². The molecule has 19 nitrogen and oxygen atoms in total. The number of aromatic hydroxyl groups is 1. The van der Waals surface area contributed by atoms with Gasteiger partial charge in [-0.2, -0.15) is 0 Å². The van der Waals surface area contributed by atoms with E-state index in [-0.39, 0.29) is 70.1 Å². The van der Waals surface area contributed by atoms with Crippen molar-refractivity contribution in [3.05, 3.63) is 102 Å². The number of nitrogens with one attached hydrogen (secondary N) is 6. The number of nitrogens with zero attached hydrogens (tertiary/aromatic N) is 1. The molecule has 3 aromatic carbocycles. The van der Waals surface area contributed by atoms with Crippen LogP contribution in [-0.4, -0.2) is 96.0 Å². The smallest absolute Gasteiger partial charge is 0.407 e. The molecular formula is C45H59N9O10. The predicted molar refractivity (Wildman–Crippen MR) is 236 cm³/mol. The van der Waals surface area contributed by atoms with Gasteiger partial charge >= 0.3 is 12.1 Å². The van der Waals surface area contributed by atoms with Crippen molar-refractivity contribution in [1.82, 2.24) is 31.9 Å². The Labute approximate surface area is 371 Å². The van der Waals surface area contributed by atoms with Crippen LogP contribution in [0.4, 0.5) is 4.79 Å². The van der Waals surface area contributed by atoms with Gasteiger partial charge in [-0.3, -0.25) is 33.8 Å². The lowest BCUT2D eigenvalue weighted by atomic mass is 10.00. The number of nitrogens with two attached hydrogens (primary N) is 2. The average molecular weight is 886 g/mol. The lowest BCUT2D eigenvalue weighted by Crippen LogP contribution is -2.59. The molecule has 5 atom stereocenters. The third-order valence-corrected chi connectivity index (χ3v) is 10.1. The van der Waals surface area contributed by atoms with Crippen LogP contribution < -0.4 is 43.4 Å². The van der Waals surface area contributed by atoms with Crippen LogP contribution in [0.1, 0.15) is 69.1 Å². The highest BCUT2D eigenvalue weighted by Crippen LogP contribution is 2.15. The average Bonchev–Trinajstić information content (AvgIpc) is 3.27. The Morgan fingerprint density at radius 3 is 1.73 bits per heavy atom. The second-order valence-electron chi connectivity index (χ2n) is 15.6. The number of ether oxygens (including phenoxy) is 2. The number of benzene rings is 3. The van der Waals surface area contributed by atoms with Gasteiger partial charge in [0.05, 0.1) is 6.42 Å². The third-order valence-electron chi connectivity index (χ3n) is 10.1. The molecule has 11 N–H and O–H groups in total. The first-order chi connectivity index (χ1) is 30.7. The normalized spacial score (nSPS) is 19.6. The van der Waals surface area contributed by atoms with Crippen LogP contribution in [0.3, 0.4) is 0 Å². The first-order valence-electron chi connectivity index (χ1n) is 21.2. The van der Waals surface area contributed by atoms with E-state index in [4.69, 9.17) is 20.9 Å². The van der Waals surface area contributed by atoms with E-state index in [1.165, 1.54) is 12.1 Å². The van der Waals surface area contributed by atoms with Crippen LogP contribution in [0.25, 0.3) is 0 Å². The van der Waals surface area contributed by atoms with Crippen LogP contribution in [0, 0.1) is 5.92 Å². The Kier molecular flexibility index (Phi) is 19.9. The number of carbonyl (C=O) groups is 7. The van der Waals surface area contributed by atoms with Crippen LogP contribution in [0.5, 0.6) is 5.75 Å². The zero-order chi connectivity index (χ0) is 46.4. The number of guanidine groups is 1. The summed E-state index contributed by atoms with van der Waals surface area (Å²) in [6.45, 7) is 3.55. The van der Waals surface area contributed by atoms with E-state index >= 15 is 0 Å². The van der Waals surface area contributed by atoms with Gasteiger partial charge in [-0.1, -0.05) is 86.6 Å². The van der Waals surface area contributed by atoms with Crippen molar-refractivity contribution in [2.24, 2.45) is 22.4 Å². The minimum atomic E-state index is -1.57. The van der Waals surface area contributed by atoms with Crippen LogP contribution in [0.2, 0.25) is 0 Å². The summed E-state index contributed by atoms with van der Waals surface area (Å²) >= 11 is 0. The molecule has 0 bridgehead atoms. The molecule has 0 aliphatic carbocycles. The molecule has 1 aliphatic rings. The lowest BCUT2D eigenvalue weighted by molar-refractivity contribution is -0.147. The number of phenolic OH excluding ortho intramolecular Hbond substituents is 1. The van der Waals surface area contributed by atoms with Gasteiger partial charge in [0, 0.05) is 19.5 Å². The zero-order valence-corrected chi connectivity index (χ0v) is 36.0. The van der Waals surface area contributed by atoms with E-state index in [2.05, 4.69) is 36.9 Å². The minimum Gasteiger partial charge on any atom is -0.508 e. The molecule has 1 saturated heterocycles. The fourth-order valence-corrected chi connectivity index (χ4v) is 6.60. The highest BCUT2D eigenvalue weighted by molar-refractivity contribution is 5.99. The summed E-state index contributed by atoms with van der Waals surface area (Å²) in [5.41, 5.74) is 13.1. The molecule has 344 valence electrons. The maximum atomic E-state index is 14.2. The summed E-state index contributed by atoms with van der Waals surface area (Å²) in [5, 5.41) is 25.9. The molecule has 3 aromatic rings. The third kappa shape index (κ3) is 17.3. The molecular weight excluding hydrogens is 827 g/mol.